The van der Waals surface area contributed by atoms with Crippen molar-refractivity contribution in [2.45, 2.75) is 38.5 Å². The molecule has 4 heteroatoms. The van der Waals surface area contributed by atoms with Gasteiger partial charge in [0.05, 0.1) is 0 Å². The van der Waals surface area contributed by atoms with Gasteiger partial charge in [-0.05, 0) is 12.3 Å². The quantitative estimate of drug-likeness (QED) is 0.473. The Hall–Kier alpha value is -0.610. The van der Waals surface area contributed by atoms with Gasteiger partial charge in [-0.25, -0.2) is 0 Å². The van der Waals surface area contributed by atoms with Crippen molar-refractivity contribution in [2.24, 2.45) is 5.92 Å². The lowest BCUT2D eigenvalue weighted by Gasteiger charge is -2.12. The average molecular weight is 198 g/mol. The zero-order chi connectivity index (χ0) is 9.97. The Labute approximate surface area is 84.4 Å². The maximum Gasteiger partial charge on any atom is 0.307 e. The highest BCUT2D eigenvalue weighted by atomic mass is 16.6. The molecule has 0 radical (unpaired) electrons. The maximum absolute atomic E-state index is 11.4. The highest BCUT2D eigenvalue weighted by Gasteiger charge is 2.33. The molecule has 3 unspecified atom stereocenters. The summed E-state index contributed by atoms with van der Waals surface area (Å²) in [6.45, 7) is 4.05. The van der Waals surface area contributed by atoms with E-state index in [1.807, 2.05) is 0 Å². The van der Waals surface area contributed by atoms with Crippen LogP contribution in [-0.2, 0) is 9.53 Å². The first-order chi connectivity index (χ1) is 6.79. The maximum atomic E-state index is 11.4. The zero-order valence-corrected chi connectivity index (χ0v) is 8.58. The summed E-state index contributed by atoms with van der Waals surface area (Å²) >= 11 is 0. The molecule has 0 bridgehead atoms. The van der Waals surface area contributed by atoms with Gasteiger partial charge in [0, 0.05) is 25.6 Å². The van der Waals surface area contributed by atoms with Crippen molar-refractivity contribution in [3.63, 3.8) is 0 Å². The largest absolute Gasteiger partial charge is 0.445 e. The second-order valence-electron chi connectivity index (χ2n) is 4.15. The van der Waals surface area contributed by atoms with Gasteiger partial charge in [0.25, 0.3) is 0 Å². The molecule has 80 valence electrons. The molecule has 0 aliphatic carbocycles. The van der Waals surface area contributed by atoms with E-state index in [4.69, 9.17) is 4.74 Å². The number of esters is 1. The van der Waals surface area contributed by atoms with Crippen LogP contribution in [0.3, 0.4) is 0 Å². The molecule has 0 amide bonds. The third-order valence-electron chi connectivity index (χ3n) is 2.74. The lowest BCUT2D eigenvalue weighted by atomic mass is 9.96. The summed E-state index contributed by atoms with van der Waals surface area (Å²) in [5.74, 6) is 0.429. The monoisotopic (exact) mass is 198 g/mol. The first kappa shape index (κ1) is 9.93. The van der Waals surface area contributed by atoms with E-state index in [1.54, 1.807) is 0 Å². The van der Waals surface area contributed by atoms with E-state index in [0.29, 0.717) is 18.4 Å². The fraction of sp³-hybridized carbons (Fsp3) is 0.900. The van der Waals surface area contributed by atoms with E-state index in [-0.39, 0.29) is 12.2 Å². The van der Waals surface area contributed by atoms with E-state index in [1.165, 1.54) is 0 Å². The molecular weight excluding hydrogens is 180 g/mol. The minimum Gasteiger partial charge on any atom is -0.445 e. The van der Waals surface area contributed by atoms with E-state index >= 15 is 0 Å². The van der Waals surface area contributed by atoms with Crippen LogP contribution in [-0.4, -0.2) is 31.3 Å². The molecule has 3 atom stereocenters. The number of carbonyl (C=O) groups is 1. The second-order valence-corrected chi connectivity index (χ2v) is 4.15. The van der Waals surface area contributed by atoms with E-state index in [0.717, 1.165) is 25.9 Å². The Morgan fingerprint density at radius 1 is 1.50 bits per heavy atom. The third kappa shape index (κ3) is 2.96. The van der Waals surface area contributed by atoms with Gasteiger partial charge < -0.3 is 10.1 Å². The summed E-state index contributed by atoms with van der Waals surface area (Å²) in [6.07, 6.45) is 2.84. The van der Waals surface area contributed by atoms with Gasteiger partial charge in [-0.3, -0.25) is 10.1 Å². The summed E-state index contributed by atoms with van der Waals surface area (Å²) in [7, 11) is 0. The highest BCUT2D eigenvalue weighted by Crippen LogP contribution is 2.22. The molecule has 2 fully saturated rings. The van der Waals surface area contributed by atoms with E-state index < -0.39 is 0 Å². The molecule has 0 spiro atoms. The molecule has 14 heavy (non-hydrogen) atoms. The first-order valence-corrected chi connectivity index (χ1v) is 5.46. The molecule has 2 rings (SSSR count). The molecule has 0 aromatic heterocycles. The highest BCUT2D eigenvalue weighted by molar-refractivity contribution is 5.70. The fourth-order valence-corrected chi connectivity index (χ4v) is 1.77. The van der Waals surface area contributed by atoms with Crippen LogP contribution in [0, 0.1) is 5.92 Å². The number of nitrogens with one attached hydrogen (secondary N) is 2. The van der Waals surface area contributed by atoms with Gasteiger partial charge in [0.1, 0.15) is 0 Å². The minimum atomic E-state index is -0.0489. The summed E-state index contributed by atoms with van der Waals surface area (Å²) in [6, 6.07) is 0.565. The van der Waals surface area contributed by atoms with Crippen LogP contribution in [0.25, 0.3) is 0 Å². The third-order valence-corrected chi connectivity index (χ3v) is 2.74. The van der Waals surface area contributed by atoms with Gasteiger partial charge in [-0.2, -0.15) is 0 Å². The van der Waals surface area contributed by atoms with Gasteiger partial charge >= 0.3 is 5.97 Å². The summed E-state index contributed by atoms with van der Waals surface area (Å²) in [4.78, 5) is 11.4. The normalized spacial score (nSPS) is 30.9. The predicted octanol–water partition coefficient (Wildman–Crippen LogP) is 0.237. The Morgan fingerprint density at radius 3 is 2.71 bits per heavy atom. The van der Waals surface area contributed by atoms with E-state index in [9.17, 15) is 4.79 Å². The lowest BCUT2D eigenvalue weighted by molar-refractivity contribution is -0.146. The molecule has 4 nitrogen and oxygen atoms in total. The summed E-state index contributed by atoms with van der Waals surface area (Å²) in [5, 5.41) is 6.23. The van der Waals surface area contributed by atoms with Crippen molar-refractivity contribution in [1.29, 1.82) is 0 Å². The van der Waals surface area contributed by atoms with E-state index in [2.05, 4.69) is 17.6 Å². The van der Waals surface area contributed by atoms with Crippen molar-refractivity contribution < 1.29 is 9.53 Å². The molecule has 0 aromatic rings. The molecule has 2 N–H and O–H groups in total. The SMILES string of the molecule is CCCC(CC(=O)OC1CN1)C1CN1. The predicted molar refractivity (Wildman–Crippen MR) is 52.7 cm³/mol. The van der Waals surface area contributed by atoms with Crippen molar-refractivity contribution >= 4 is 5.97 Å². The molecule has 2 aliphatic rings. The van der Waals surface area contributed by atoms with Crippen molar-refractivity contribution in [3.8, 4) is 0 Å². The van der Waals surface area contributed by atoms with Gasteiger partial charge in [-0.1, -0.05) is 13.3 Å². The van der Waals surface area contributed by atoms with Gasteiger partial charge in [0.2, 0.25) is 0 Å². The van der Waals surface area contributed by atoms with Crippen LogP contribution < -0.4 is 10.6 Å². The van der Waals surface area contributed by atoms with Gasteiger partial charge in [-0.15, -0.1) is 0 Å². The van der Waals surface area contributed by atoms with Crippen LogP contribution in [0.2, 0.25) is 0 Å². The fourth-order valence-electron chi connectivity index (χ4n) is 1.77. The smallest absolute Gasteiger partial charge is 0.307 e. The number of hydrogen-bond donors (Lipinski definition) is 2. The lowest BCUT2D eigenvalue weighted by Crippen LogP contribution is -2.19. The molecular formula is C10H18N2O2. The summed E-state index contributed by atoms with van der Waals surface area (Å²) < 4.78 is 5.14. The van der Waals surface area contributed by atoms with Crippen LogP contribution in [0.15, 0.2) is 0 Å². The molecule has 0 saturated carbocycles. The Kier molecular flexibility index (Phi) is 3.03. The summed E-state index contributed by atoms with van der Waals surface area (Å²) in [5.41, 5.74) is 0. The second kappa shape index (κ2) is 4.28. The Morgan fingerprint density at radius 2 is 2.21 bits per heavy atom. The van der Waals surface area contributed by atoms with Crippen LogP contribution in [0.5, 0.6) is 0 Å². The average Bonchev–Trinajstić information content (AvgIpc) is 2.99. The van der Waals surface area contributed by atoms with Crippen LogP contribution in [0.4, 0.5) is 0 Å². The van der Waals surface area contributed by atoms with Crippen LogP contribution in [0.1, 0.15) is 26.2 Å². The Bertz CT molecular complexity index is 212. The minimum absolute atomic E-state index is 0.0111. The first-order valence-electron chi connectivity index (χ1n) is 5.46. The number of hydrogen-bond acceptors (Lipinski definition) is 4. The standard InChI is InChI=1S/C10H18N2O2/c1-2-3-7(8-5-11-8)4-10(13)14-9-6-12-9/h7-9,11-12H,2-6H2,1H3. The van der Waals surface area contributed by atoms with Gasteiger partial charge in [0.15, 0.2) is 6.23 Å². The molecule has 2 heterocycles. The molecule has 2 saturated heterocycles. The number of carbonyl (C=O) groups excluding carboxylic acids is 1. The zero-order valence-electron chi connectivity index (χ0n) is 8.58. The number of rotatable bonds is 6. The van der Waals surface area contributed by atoms with Crippen molar-refractivity contribution in [1.82, 2.24) is 10.6 Å². The molecule has 0 aromatic carbocycles. The Balaban J connectivity index is 1.70. The van der Waals surface area contributed by atoms with Crippen LogP contribution >= 0.6 is 0 Å². The molecule has 2 aliphatic heterocycles. The number of ether oxygens (including phenoxy) is 1. The van der Waals surface area contributed by atoms with Crippen molar-refractivity contribution in [3.05, 3.63) is 0 Å². The van der Waals surface area contributed by atoms with Crippen molar-refractivity contribution in [2.75, 3.05) is 13.1 Å². The topological polar surface area (TPSA) is 70.2 Å².